The number of unbranched alkanes of at least 4 members (excludes halogenated alkanes) is 4. The average molecular weight is 559 g/mol. The third-order valence-corrected chi connectivity index (χ3v) is 7.36. The fourth-order valence-corrected chi connectivity index (χ4v) is 5.33. The summed E-state index contributed by atoms with van der Waals surface area (Å²) in [6, 6.07) is 0. The van der Waals surface area contributed by atoms with E-state index in [0.717, 1.165) is 75.7 Å². The molecule has 0 saturated carbocycles. The molecule has 0 atom stereocenters. The number of nitrogens with zero attached hydrogens (tertiary/aromatic N) is 6. The second-order valence-corrected chi connectivity index (χ2v) is 10.7. The molecule has 0 saturated heterocycles. The van der Waals surface area contributed by atoms with Crippen LogP contribution in [0.5, 0.6) is 11.8 Å². The van der Waals surface area contributed by atoms with Crippen molar-refractivity contribution in [1.82, 2.24) is 27.3 Å². The third-order valence-electron chi connectivity index (χ3n) is 6.34. The molecule has 0 amide bonds. The lowest BCUT2D eigenvalue weighted by Crippen LogP contribution is -2.25. The minimum absolute atomic E-state index is 0.572. The van der Waals surface area contributed by atoms with Gasteiger partial charge < -0.3 is 19.3 Å². The maximum Gasteiger partial charge on any atom is 0.253 e. The van der Waals surface area contributed by atoms with Crippen molar-refractivity contribution in [2.75, 3.05) is 53.5 Å². The van der Waals surface area contributed by atoms with Crippen LogP contribution in [0, 0.1) is 11.8 Å². The molecule has 0 spiro atoms. The van der Waals surface area contributed by atoms with E-state index in [2.05, 4.69) is 72.3 Å². The van der Waals surface area contributed by atoms with E-state index in [-0.39, 0.29) is 0 Å². The molecule has 0 bridgehead atoms. The van der Waals surface area contributed by atoms with Crippen molar-refractivity contribution in [2.24, 2.45) is 0 Å². The number of aromatic nitrogens is 4. The Kier molecular flexibility index (Phi) is 13.8. The fraction of sp³-hybridized carbons (Fsp3) is 0.643. The van der Waals surface area contributed by atoms with Crippen molar-refractivity contribution in [1.29, 1.82) is 0 Å². The van der Waals surface area contributed by atoms with Gasteiger partial charge in [-0.1, -0.05) is 44.8 Å². The lowest BCUT2D eigenvalue weighted by Gasteiger charge is -2.22. The highest BCUT2D eigenvalue weighted by molar-refractivity contribution is 6.99. The predicted octanol–water partition coefficient (Wildman–Crippen LogP) is 5.66. The quantitative estimate of drug-likeness (QED) is 0.244. The first-order valence-corrected chi connectivity index (χ1v) is 15.1. The van der Waals surface area contributed by atoms with Gasteiger partial charge in [0.05, 0.1) is 30.1 Å². The van der Waals surface area contributed by atoms with Crippen molar-refractivity contribution in [2.45, 2.75) is 65.2 Å². The topological polar surface area (TPSA) is 76.5 Å². The molecule has 0 aliphatic carbocycles. The monoisotopic (exact) mass is 558 g/mol. The average Bonchev–Trinajstić information content (AvgIpc) is 3.59. The molecule has 0 N–H and O–H groups in total. The molecular formula is C28H42N6O2S2. The van der Waals surface area contributed by atoms with E-state index in [9.17, 15) is 0 Å². The normalized spacial score (nSPS) is 16.0. The van der Waals surface area contributed by atoms with Crippen molar-refractivity contribution < 1.29 is 9.47 Å². The zero-order valence-electron chi connectivity index (χ0n) is 23.4. The summed E-state index contributed by atoms with van der Waals surface area (Å²) >= 11 is 2.45. The summed E-state index contributed by atoms with van der Waals surface area (Å²) in [5.74, 6) is 7.21. The van der Waals surface area contributed by atoms with Crippen LogP contribution < -0.4 is 9.47 Å². The first kappa shape index (κ1) is 30.2. The van der Waals surface area contributed by atoms with Gasteiger partial charge in [-0.15, -0.1) is 20.6 Å². The zero-order chi connectivity index (χ0) is 27.0. The van der Waals surface area contributed by atoms with Crippen LogP contribution in [0.1, 0.15) is 76.6 Å². The van der Waals surface area contributed by atoms with E-state index in [1.54, 1.807) is 0 Å². The SMILES string of the molecule is CC#CCCOc1nsnc1C1=CCCN(C)C1.CCCCCCCOc1nsnc1C1=CCCN(C)C1. The van der Waals surface area contributed by atoms with Gasteiger partial charge in [-0.25, -0.2) is 0 Å². The second-order valence-electron chi connectivity index (χ2n) is 9.64. The molecule has 208 valence electrons. The highest BCUT2D eigenvalue weighted by atomic mass is 32.1. The molecule has 0 fully saturated rings. The Morgan fingerprint density at radius 3 is 1.87 bits per heavy atom. The number of hydrogen-bond donors (Lipinski definition) is 0. The molecule has 2 aromatic heterocycles. The van der Waals surface area contributed by atoms with Gasteiger partial charge in [-0.3, -0.25) is 0 Å². The molecule has 4 heterocycles. The lowest BCUT2D eigenvalue weighted by atomic mass is 10.1. The Morgan fingerprint density at radius 1 is 0.789 bits per heavy atom. The van der Waals surface area contributed by atoms with Gasteiger partial charge in [-0.05, 0) is 51.4 Å². The predicted molar refractivity (Wildman–Crippen MR) is 158 cm³/mol. The van der Waals surface area contributed by atoms with E-state index in [0.29, 0.717) is 12.5 Å². The number of rotatable bonds is 12. The Balaban J connectivity index is 0.000000212. The molecule has 2 aromatic rings. The van der Waals surface area contributed by atoms with Crippen LogP contribution in [-0.2, 0) is 0 Å². The van der Waals surface area contributed by atoms with E-state index in [4.69, 9.17) is 9.47 Å². The molecule has 38 heavy (non-hydrogen) atoms. The van der Waals surface area contributed by atoms with Gasteiger partial charge in [0.2, 0.25) is 0 Å². The van der Waals surface area contributed by atoms with Gasteiger partial charge in [-0.2, -0.15) is 8.75 Å². The van der Waals surface area contributed by atoms with Crippen LogP contribution in [-0.4, -0.2) is 80.8 Å². The van der Waals surface area contributed by atoms with Gasteiger partial charge in [0, 0.05) is 32.6 Å². The Morgan fingerprint density at radius 2 is 1.34 bits per heavy atom. The second kappa shape index (κ2) is 17.3. The Bertz CT molecular complexity index is 1080. The van der Waals surface area contributed by atoms with Crippen LogP contribution in [0.15, 0.2) is 12.2 Å². The summed E-state index contributed by atoms with van der Waals surface area (Å²) in [5, 5.41) is 0. The van der Waals surface area contributed by atoms with Gasteiger partial charge in [0.15, 0.2) is 0 Å². The van der Waals surface area contributed by atoms with E-state index < -0.39 is 0 Å². The third kappa shape index (κ3) is 10.1. The molecule has 2 aliphatic rings. The van der Waals surface area contributed by atoms with Crippen LogP contribution in [0.3, 0.4) is 0 Å². The van der Waals surface area contributed by atoms with E-state index in [1.807, 2.05) is 6.92 Å². The van der Waals surface area contributed by atoms with Crippen molar-refractivity contribution in [3.8, 4) is 23.6 Å². The van der Waals surface area contributed by atoms with Crippen LogP contribution in [0.4, 0.5) is 0 Å². The highest BCUT2D eigenvalue weighted by Gasteiger charge is 2.19. The van der Waals surface area contributed by atoms with Crippen molar-refractivity contribution in [3.05, 3.63) is 23.5 Å². The van der Waals surface area contributed by atoms with Crippen LogP contribution in [0.25, 0.3) is 11.1 Å². The molecule has 0 aromatic carbocycles. The maximum absolute atomic E-state index is 5.82. The first-order valence-electron chi connectivity index (χ1n) is 13.7. The van der Waals surface area contributed by atoms with Crippen molar-refractivity contribution in [3.63, 3.8) is 0 Å². The summed E-state index contributed by atoms with van der Waals surface area (Å²) < 4.78 is 28.7. The van der Waals surface area contributed by atoms with Crippen LogP contribution >= 0.6 is 23.5 Å². The summed E-state index contributed by atoms with van der Waals surface area (Å²) in [7, 11) is 4.26. The van der Waals surface area contributed by atoms with Crippen molar-refractivity contribution >= 4 is 34.6 Å². The summed E-state index contributed by atoms with van der Waals surface area (Å²) in [4.78, 5) is 4.59. The van der Waals surface area contributed by atoms with Gasteiger partial charge >= 0.3 is 0 Å². The van der Waals surface area contributed by atoms with Gasteiger partial charge in [0.1, 0.15) is 18.0 Å². The lowest BCUT2D eigenvalue weighted by molar-refractivity contribution is 0.294. The summed E-state index contributed by atoms with van der Waals surface area (Å²) in [5.41, 5.74) is 4.33. The molecule has 0 radical (unpaired) electrons. The standard InChI is InChI=1S/C15H25N3OS.C13H17N3OS/c1-3-4-5-6-7-11-19-15-14(16-20-17-15)13-9-8-10-18(2)12-13;1-3-4-5-9-17-13-12(14-18-15-13)11-7-6-8-16(2)10-11/h9H,3-8,10-12H2,1-2H3;7H,5-6,8-10H2,1-2H3. The van der Waals surface area contributed by atoms with Gasteiger partial charge in [0.25, 0.3) is 11.8 Å². The largest absolute Gasteiger partial charge is 0.475 e. The number of likely N-dealkylation sites (N-methyl/N-ethyl adjacent to an activating group) is 2. The number of ether oxygens (including phenoxy) is 2. The summed E-state index contributed by atoms with van der Waals surface area (Å²) in [6.45, 7) is 9.47. The Hall–Kier alpha value is -2.32. The molecule has 0 unspecified atom stereocenters. The zero-order valence-corrected chi connectivity index (χ0v) is 25.0. The minimum Gasteiger partial charge on any atom is -0.475 e. The van der Waals surface area contributed by atoms with E-state index in [1.165, 1.54) is 60.3 Å². The first-order chi connectivity index (χ1) is 18.6. The maximum atomic E-state index is 5.82. The molecule has 10 heteroatoms. The smallest absolute Gasteiger partial charge is 0.253 e. The molecule has 2 aliphatic heterocycles. The number of hydrogen-bond acceptors (Lipinski definition) is 10. The fourth-order valence-electron chi connectivity index (χ4n) is 4.27. The Labute approximate surface area is 236 Å². The highest BCUT2D eigenvalue weighted by Crippen LogP contribution is 2.28. The summed E-state index contributed by atoms with van der Waals surface area (Å²) in [6.07, 6.45) is 13.6. The van der Waals surface area contributed by atoms with Crippen LogP contribution in [0.2, 0.25) is 0 Å². The molecular weight excluding hydrogens is 516 g/mol. The minimum atomic E-state index is 0.572. The van der Waals surface area contributed by atoms with E-state index >= 15 is 0 Å². The molecule has 8 nitrogen and oxygen atoms in total. The molecule has 4 rings (SSSR count).